The summed E-state index contributed by atoms with van der Waals surface area (Å²) in [6.07, 6.45) is 2.46. The van der Waals surface area contributed by atoms with Gasteiger partial charge in [0, 0.05) is 23.7 Å². The topological polar surface area (TPSA) is 59.3 Å². The van der Waals surface area contributed by atoms with Crippen LogP contribution in [-0.4, -0.2) is 20.6 Å². The van der Waals surface area contributed by atoms with Crippen molar-refractivity contribution in [2.24, 2.45) is 0 Å². The fourth-order valence-electron chi connectivity index (χ4n) is 2.81. The van der Waals surface area contributed by atoms with E-state index in [9.17, 15) is 4.79 Å². The van der Waals surface area contributed by atoms with Crippen molar-refractivity contribution in [1.29, 1.82) is 0 Å². The van der Waals surface area contributed by atoms with E-state index in [2.05, 4.69) is 60.4 Å². The van der Waals surface area contributed by atoms with Crippen molar-refractivity contribution in [3.05, 3.63) is 58.5 Å². The highest BCUT2D eigenvalue weighted by atomic mass is 32.1. The first-order chi connectivity index (χ1) is 11.0. The maximum atomic E-state index is 11.8. The third-order valence-electron chi connectivity index (χ3n) is 4.27. The average molecular weight is 328 g/mol. The van der Waals surface area contributed by atoms with E-state index in [0.29, 0.717) is 4.96 Å². The molecule has 5 nitrogen and oxygen atoms in total. The standard InChI is InChI=1S/C17H20N4OS/c1-4-13(17(2,3)12-8-6-5-7-9-12)19-15-20-21-14(22)10-11-18-16(21)23-15/h5-11,13H,4H2,1-3H3,(H,19,20). The lowest BCUT2D eigenvalue weighted by Crippen LogP contribution is -2.39. The van der Waals surface area contributed by atoms with Crippen LogP contribution in [0.1, 0.15) is 32.8 Å². The van der Waals surface area contributed by atoms with Gasteiger partial charge in [0.25, 0.3) is 5.56 Å². The van der Waals surface area contributed by atoms with Crippen molar-refractivity contribution >= 4 is 21.4 Å². The molecule has 0 spiro atoms. The van der Waals surface area contributed by atoms with E-state index in [4.69, 9.17) is 0 Å². The third kappa shape index (κ3) is 2.99. The van der Waals surface area contributed by atoms with Gasteiger partial charge >= 0.3 is 0 Å². The maximum Gasteiger partial charge on any atom is 0.275 e. The molecular weight excluding hydrogens is 308 g/mol. The van der Waals surface area contributed by atoms with E-state index in [1.165, 1.54) is 33.7 Å². The Labute approximate surface area is 139 Å². The van der Waals surface area contributed by atoms with Gasteiger partial charge < -0.3 is 5.32 Å². The summed E-state index contributed by atoms with van der Waals surface area (Å²) in [6, 6.07) is 12.1. The minimum atomic E-state index is -0.158. The summed E-state index contributed by atoms with van der Waals surface area (Å²) in [5.41, 5.74) is 1.05. The molecular formula is C17H20N4OS. The molecule has 1 aromatic carbocycles. The highest BCUT2D eigenvalue weighted by molar-refractivity contribution is 7.20. The zero-order valence-corrected chi connectivity index (χ0v) is 14.3. The fraction of sp³-hybridized carbons (Fsp3) is 0.353. The molecule has 0 amide bonds. The number of nitrogens with one attached hydrogen (secondary N) is 1. The summed E-state index contributed by atoms with van der Waals surface area (Å²) in [7, 11) is 0. The van der Waals surface area contributed by atoms with Crippen LogP contribution in [-0.2, 0) is 5.41 Å². The molecule has 6 heteroatoms. The second kappa shape index (κ2) is 6.12. The molecule has 0 bridgehead atoms. The van der Waals surface area contributed by atoms with E-state index in [1.807, 2.05) is 6.07 Å². The third-order valence-corrected chi connectivity index (χ3v) is 5.12. The van der Waals surface area contributed by atoms with Gasteiger partial charge in [-0.05, 0) is 12.0 Å². The van der Waals surface area contributed by atoms with Crippen LogP contribution in [0.3, 0.4) is 0 Å². The molecule has 3 aromatic rings. The molecule has 1 atom stereocenters. The zero-order valence-electron chi connectivity index (χ0n) is 13.5. The van der Waals surface area contributed by atoms with Crippen LogP contribution >= 0.6 is 11.3 Å². The van der Waals surface area contributed by atoms with Crippen LogP contribution in [0.15, 0.2) is 47.4 Å². The van der Waals surface area contributed by atoms with Crippen molar-refractivity contribution in [1.82, 2.24) is 14.6 Å². The van der Waals surface area contributed by atoms with Crippen molar-refractivity contribution in [3.63, 3.8) is 0 Å². The van der Waals surface area contributed by atoms with E-state index < -0.39 is 0 Å². The number of nitrogens with zero attached hydrogens (tertiary/aromatic N) is 3. The summed E-state index contributed by atoms with van der Waals surface area (Å²) in [4.78, 5) is 16.6. The Morgan fingerprint density at radius 3 is 2.65 bits per heavy atom. The minimum absolute atomic E-state index is 0.0632. The molecule has 0 saturated heterocycles. The number of rotatable bonds is 5. The van der Waals surface area contributed by atoms with E-state index >= 15 is 0 Å². The highest BCUT2D eigenvalue weighted by Gasteiger charge is 2.30. The molecule has 2 aromatic heterocycles. The predicted octanol–water partition coefficient (Wildman–Crippen LogP) is 3.32. The van der Waals surface area contributed by atoms with Gasteiger partial charge in [0.2, 0.25) is 10.1 Å². The Morgan fingerprint density at radius 2 is 2.00 bits per heavy atom. The minimum Gasteiger partial charge on any atom is -0.356 e. The Bertz CT molecular complexity index is 854. The number of aromatic nitrogens is 3. The molecule has 23 heavy (non-hydrogen) atoms. The van der Waals surface area contributed by atoms with Crippen molar-refractivity contribution < 1.29 is 0 Å². The van der Waals surface area contributed by atoms with E-state index in [1.54, 1.807) is 0 Å². The normalized spacial score (nSPS) is 13.2. The van der Waals surface area contributed by atoms with Gasteiger partial charge in [-0.15, -0.1) is 5.10 Å². The molecule has 0 saturated carbocycles. The van der Waals surface area contributed by atoms with Crippen molar-refractivity contribution in [2.45, 2.75) is 38.6 Å². The first kappa shape index (κ1) is 15.7. The van der Waals surface area contributed by atoms with E-state index in [-0.39, 0.29) is 17.0 Å². The van der Waals surface area contributed by atoms with Gasteiger partial charge in [-0.25, -0.2) is 4.98 Å². The van der Waals surface area contributed by atoms with Gasteiger partial charge in [0.05, 0.1) is 0 Å². The summed E-state index contributed by atoms with van der Waals surface area (Å²) < 4.78 is 1.34. The molecule has 2 heterocycles. The average Bonchev–Trinajstić information content (AvgIpc) is 2.97. The van der Waals surface area contributed by atoms with E-state index in [0.717, 1.165) is 11.6 Å². The lowest BCUT2D eigenvalue weighted by Gasteiger charge is -2.34. The monoisotopic (exact) mass is 328 g/mol. The fourth-order valence-corrected chi connectivity index (χ4v) is 3.64. The number of fused-ring (bicyclic) bond motifs is 1. The quantitative estimate of drug-likeness (QED) is 0.780. The summed E-state index contributed by atoms with van der Waals surface area (Å²) in [6.45, 7) is 6.60. The van der Waals surface area contributed by atoms with Gasteiger partial charge in [-0.1, -0.05) is 62.4 Å². The summed E-state index contributed by atoms with van der Waals surface area (Å²) >= 11 is 1.40. The van der Waals surface area contributed by atoms with Crippen LogP contribution < -0.4 is 10.9 Å². The Kier molecular flexibility index (Phi) is 4.17. The lowest BCUT2D eigenvalue weighted by molar-refractivity contribution is 0.423. The van der Waals surface area contributed by atoms with Crippen LogP contribution in [0.2, 0.25) is 0 Å². The first-order valence-electron chi connectivity index (χ1n) is 7.69. The first-order valence-corrected chi connectivity index (χ1v) is 8.51. The molecule has 1 N–H and O–H groups in total. The van der Waals surface area contributed by atoms with Gasteiger partial charge in [-0.2, -0.15) is 4.52 Å². The SMILES string of the molecule is CCC(Nc1nn2c(=O)ccnc2s1)C(C)(C)c1ccccc1. The number of hydrogen-bond donors (Lipinski definition) is 1. The molecule has 0 aliphatic heterocycles. The zero-order chi connectivity index (χ0) is 16.4. The molecule has 120 valence electrons. The second-order valence-electron chi connectivity index (χ2n) is 6.08. The number of benzene rings is 1. The molecule has 3 rings (SSSR count). The molecule has 1 unspecified atom stereocenters. The van der Waals surface area contributed by atoms with Gasteiger partial charge in [-0.3, -0.25) is 4.79 Å². The summed E-state index contributed by atoms with van der Waals surface area (Å²) in [5, 5.41) is 8.57. The number of anilines is 1. The van der Waals surface area contributed by atoms with Gasteiger partial charge in [0.1, 0.15) is 0 Å². The van der Waals surface area contributed by atoms with Crippen LogP contribution in [0, 0.1) is 0 Å². The smallest absolute Gasteiger partial charge is 0.275 e. The molecule has 0 fully saturated rings. The van der Waals surface area contributed by atoms with Gasteiger partial charge in [0.15, 0.2) is 0 Å². The van der Waals surface area contributed by atoms with Crippen LogP contribution in [0.25, 0.3) is 4.96 Å². The highest BCUT2D eigenvalue weighted by Crippen LogP contribution is 2.31. The second-order valence-corrected chi connectivity index (χ2v) is 7.03. The van der Waals surface area contributed by atoms with Crippen molar-refractivity contribution in [2.75, 3.05) is 5.32 Å². The lowest BCUT2D eigenvalue weighted by atomic mass is 9.77. The maximum absolute atomic E-state index is 11.8. The Hall–Kier alpha value is -2.21. The molecule has 0 aliphatic rings. The van der Waals surface area contributed by atoms with Crippen molar-refractivity contribution in [3.8, 4) is 0 Å². The Balaban J connectivity index is 1.92. The number of hydrogen-bond acceptors (Lipinski definition) is 5. The molecule has 0 aliphatic carbocycles. The van der Waals surface area contributed by atoms with Crippen LogP contribution in [0.5, 0.6) is 0 Å². The summed E-state index contributed by atoms with van der Waals surface area (Å²) in [5.74, 6) is 0. The predicted molar refractivity (Wildman–Crippen MR) is 94.3 cm³/mol. The largest absolute Gasteiger partial charge is 0.356 e. The molecule has 0 radical (unpaired) electrons. The van der Waals surface area contributed by atoms with Crippen LogP contribution in [0.4, 0.5) is 5.13 Å². The Morgan fingerprint density at radius 1 is 1.26 bits per heavy atom.